The molecular formula is C18H25NS2. The lowest BCUT2D eigenvalue weighted by atomic mass is 9.80. The van der Waals surface area contributed by atoms with Gasteiger partial charge in [0.15, 0.2) is 0 Å². The molecule has 21 heavy (non-hydrogen) atoms. The molecule has 3 atom stereocenters. The molecule has 0 aliphatic heterocycles. The molecule has 3 rings (SSSR count). The maximum absolute atomic E-state index is 3.88. The van der Waals surface area contributed by atoms with Crippen molar-refractivity contribution in [1.29, 1.82) is 0 Å². The van der Waals surface area contributed by atoms with Crippen molar-refractivity contribution in [3.8, 4) is 0 Å². The van der Waals surface area contributed by atoms with Gasteiger partial charge in [0, 0.05) is 22.2 Å². The lowest BCUT2D eigenvalue weighted by molar-refractivity contribution is 0.241. The van der Waals surface area contributed by atoms with Crippen LogP contribution in [-0.4, -0.2) is 6.54 Å². The smallest absolute Gasteiger partial charge is 0.0463 e. The van der Waals surface area contributed by atoms with Gasteiger partial charge in [-0.25, -0.2) is 0 Å². The zero-order valence-electron chi connectivity index (χ0n) is 12.8. The topological polar surface area (TPSA) is 12.0 Å². The van der Waals surface area contributed by atoms with E-state index in [1.807, 2.05) is 22.7 Å². The normalized spacial score (nSPS) is 24.0. The summed E-state index contributed by atoms with van der Waals surface area (Å²) in [5.74, 6) is 1.75. The summed E-state index contributed by atoms with van der Waals surface area (Å²) in [6, 6.07) is 9.36. The third kappa shape index (κ3) is 4.18. The summed E-state index contributed by atoms with van der Waals surface area (Å²) in [7, 11) is 0. The van der Waals surface area contributed by atoms with Crippen LogP contribution in [0.5, 0.6) is 0 Å². The molecule has 3 heteroatoms. The van der Waals surface area contributed by atoms with E-state index in [0.29, 0.717) is 6.04 Å². The summed E-state index contributed by atoms with van der Waals surface area (Å²) in [5.41, 5.74) is 0. The molecule has 2 aromatic rings. The molecule has 0 aromatic carbocycles. The molecule has 0 saturated heterocycles. The van der Waals surface area contributed by atoms with Crippen LogP contribution in [0.2, 0.25) is 0 Å². The van der Waals surface area contributed by atoms with Gasteiger partial charge in [-0.2, -0.15) is 0 Å². The molecular weight excluding hydrogens is 294 g/mol. The predicted octanol–water partition coefficient (Wildman–Crippen LogP) is 5.51. The highest BCUT2D eigenvalue weighted by Gasteiger charge is 2.23. The maximum Gasteiger partial charge on any atom is 0.0463 e. The van der Waals surface area contributed by atoms with Gasteiger partial charge in [0.2, 0.25) is 0 Å². The van der Waals surface area contributed by atoms with Gasteiger partial charge in [0.1, 0.15) is 0 Å². The van der Waals surface area contributed by atoms with Gasteiger partial charge < -0.3 is 5.32 Å². The number of rotatable bonds is 6. The molecule has 114 valence electrons. The van der Waals surface area contributed by atoms with Gasteiger partial charge in [-0.1, -0.05) is 38.3 Å². The van der Waals surface area contributed by atoms with E-state index in [2.05, 4.69) is 47.3 Å². The van der Waals surface area contributed by atoms with Crippen LogP contribution in [0.25, 0.3) is 0 Å². The Morgan fingerprint density at radius 1 is 1.14 bits per heavy atom. The van der Waals surface area contributed by atoms with Gasteiger partial charge in [-0.3, -0.25) is 0 Å². The Morgan fingerprint density at radius 2 is 1.95 bits per heavy atom. The zero-order valence-corrected chi connectivity index (χ0v) is 14.4. The summed E-state index contributed by atoms with van der Waals surface area (Å²) < 4.78 is 0. The summed E-state index contributed by atoms with van der Waals surface area (Å²) in [6.45, 7) is 3.61. The maximum atomic E-state index is 3.88. The Kier molecular flexibility index (Phi) is 5.50. The van der Waals surface area contributed by atoms with Crippen LogP contribution in [0.15, 0.2) is 35.0 Å². The second kappa shape index (κ2) is 7.57. The first kappa shape index (κ1) is 15.3. The van der Waals surface area contributed by atoms with Crippen LogP contribution in [0, 0.1) is 11.8 Å². The van der Waals surface area contributed by atoms with E-state index in [9.17, 15) is 0 Å². The van der Waals surface area contributed by atoms with Gasteiger partial charge in [0.25, 0.3) is 0 Å². The molecule has 0 radical (unpaired) electrons. The summed E-state index contributed by atoms with van der Waals surface area (Å²) in [5, 5.41) is 8.26. The molecule has 0 amide bonds. The lowest BCUT2D eigenvalue weighted by Crippen LogP contribution is -2.32. The highest BCUT2D eigenvalue weighted by atomic mass is 32.1. The van der Waals surface area contributed by atoms with Crippen molar-refractivity contribution >= 4 is 22.7 Å². The molecule has 1 saturated carbocycles. The van der Waals surface area contributed by atoms with Gasteiger partial charge >= 0.3 is 0 Å². The van der Waals surface area contributed by atoms with Crippen molar-refractivity contribution in [3.05, 3.63) is 44.8 Å². The molecule has 1 aliphatic rings. The fourth-order valence-electron chi connectivity index (χ4n) is 3.38. The van der Waals surface area contributed by atoms with Crippen molar-refractivity contribution < 1.29 is 0 Å². The molecule has 3 unspecified atom stereocenters. The molecule has 1 nitrogen and oxygen atoms in total. The standard InChI is InChI=1S/C18H25NS2/c1-14-6-2-3-7-15(14)13-19-17(18-9-5-11-21-18)12-16-8-4-10-20-16/h4-5,8-11,14-15,17,19H,2-3,6-7,12-13H2,1H3. The highest BCUT2D eigenvalue weighted by Crippen LogP contribution is 2.30. The molecule has 0 spiro atoms. The van der Waals surface area contributed by atoms with Crippen LogP contribution in [0.4, 0.5) is 0 Å². The largest absolute Gasteiger partial charge is 0.309 e. The molecule has 0 bridgehead atoms. The van der Waals surface area contributed by atoms with Gasteiger partial charge in [-0.05, 0) is 47.7 Å². The number of nitrogens with one attached hydrogen (secondary N) is 1. The summed E-state index contributed by atoms with van der Waals surface area (Å²) in [4.78, 5) is 2.96. The van der Waals surface area contributed by atoms with E-state index in [1.54, 1.807) is 0 Å². The minimum Gasteiger partial charge on any atom is -0.309 e. The Balaban J connectivity index is 1.62. The molecule has 1 aliphatic carbocycles. The summed E-state index contributed by atoms with van der Waals surface area (Å²) in [6.07, 6.45) is 6.80. The second-order valence-corrected chi connectivity index (χ2v) is 8.29. The Hall–Kier alpha value is -0.640. The predicted molar refractivity (Wildman–Crippen MR) is 94.2 cm³/mol. The van der Waals surface area contributed by atoms with E-state index < -0.39 is 0 Å². The summed E-state index contributed by atoms with van der Waals surface area (Å²) >= 11 is 3.76. The number of hydrogen-bond donors (Lipinski definition) is 1. The minimum absolute atomic E-state index is 0.484. The molecule has 1 fully saturated rings. The number of thiophene rings is 2. The highest BCUT2D eigenvalue weighted by molar-refractivity contribution is 7.10. The first-order valence-corrected chi connectivity index (χ1v) is 9.88. The van der Waals surface area contributed by atoms with Crippen molar-refractivity contribution in [2.24, 2.45) is 11.8 Å². The van der Waals surface area contributed by atoms with E-state index in [1.165, 1.54) is 42.0 Å². The fourth-order valence-corrected chi connectivity index (χ4v) is 4.94. The van der Waals surface area contributed by atoms with Crippen LogP contribution in [0.3, 0.4) is 0 Å². The number of hydrogen-bond acceptors (Lipinski definition) is 3. The van der Waals surface area contributed by atoms with Crippen molar-refractivity contribution in [2.45, 2.75) is 45.1 Å². The van der Waals surface area contributed by atoms with Gasteiger partial charge in [-0.15, -0.1) is 22.7 Å². The van der Waals surface area contributed by atoms with Crippen molar-refractivity contribution in [3.63, 3.8) is 0 Å². The third-order valence-electron chi connectivity index (χ3n) is 4.79. The van der Waals surface area contributed by atoms with Crippen molar-refractivity contribution in [2.75, 3.05) is 6.54 Å². The Bertz CT molecular complexity index is 503. The Labute approximate surface area is 136 Å². The Morgan fingerprint density at radius 3 is 2.67 bits per heavy atom. The SMILES string of the molecule is CC1CCCCC1CNC(Cc1cccs1)c1cccs1. The third-order valence-corrected chi connectivity index (χ3v) is 6.67. The van der Waals surface area contributed by atoms with Crippen LogP contribution < -0.4 is 5.32 Å². The van der Waals surface area contributed by atoms with E-state index >= 15 is 0 Å². The second-order valence-electron chi connectivity index (χ2n) is 6.28. The first-order chi connectivity index (χ1) is 10.3. The molecule has 1 N–H and O–H groups in total. The molecule has 2 aromatic heterocycles. The fraction of sp³-hybridized carbons (Fsp3) is 0.556. The van der Waals surface area contributed by atoms with E-state index in [0.717, 1.165) is 18.3 Å². The van der Waals surface area contributed by atoms with Gasteiger partial charge in [0.05, 0.1) is 0 Å². The average Bonchev–Trinajstić information content (AvgIpc) is 3.18. The lowest BCUT2D eigenvalue weighted by Gasteiger charge is -2.30. The average molecular weight is 320 g/mol. The van der Waals surface area contributed by atoms with E-state index in [4.69, 9.17) is 0 Å². The van der Waals surface area contributed by atoms with E-state index in [-0.39, 0.29) is 0 Å². The van der Waals surface area contributed by atoms with Crippen LogP contribution in [-0.2, 0) is 6.42 Å². The molecule has 2 heterocycles. The van der Waals surface area contributed by atoms with Crippen molar-refractivity contribution in [1.82, 2.24) is 5.32 Å². The van der Waals surface area contributed by atoms with Crippen LogP contribution in [0.1, 0.15) is 48.4 Å². The van der Waals surface area contributed by atoms with Crippen LogP contribution >= 0.6 is 22.7 Å². The quantitative estimate of drug-likeness (QED) is 0.740. The minimum atomic E-state index is 0.484. The zero-order chi connectivity index (χ0) is 14.5. The first-order valence-electron chi connectivity index (χ1n) is 8.12. The monoisotopic (exact) mass is 319 g/mol.